The molecule has 3 rings (SSSR count). The Balaban J connectivity index is 1.58. The summed E-state index contributed by atoms with van der Waals surface area (Å²) in [6.07, 6.45) is 3.33. The van der Waals surface area contributed by atoms with Crippen LogP contribution in [0.15, 0.2) is 21.6 Å². The fourth-order valence-electron chi connectivity index (χ4n) is 2.88. The average Bonchev–Trinajstić information content (AvgIpc) is 3.10. The minimum Gasteiger partial charge on any atom is -0.475 e. The Bertz CT molecular complexity index is 769. The Morgan fingerprint density at radius 2 is 2.08 bits per heavy atom. The van der Waals surface area contributed by atoms with Gasteiger partial charge >= 0.3 is 5.97 Å². The molecule has 2 heterocycles. The number of nitrogens with zero attached hydrogens (tertiary/aromatic N) is 1. The summed E-state index contributed by atoms with van der Waals surface area (Å²) in [5.74, 6) is -1.55. The molecule has 1 aliphatic carbocycles. The summed E-state index contributed by atoms with van der Waals surface area (Å²) in [5, 5.41) is 11.1. The molecule has 1 amide bonds. The number of nitrogens with one attached hydrogen (secondary N) is 1. The predicted molar refractivity (Wildman–Crippen MR) is 89.1 cm³/mol. The zero-order valence-electron chi connectivity index (χ0n) is 14.2. The Hall–Kier alpha value is -1.91. The molecule has 2 N–H and O–H groups in total. The third-order valence-electron chi connectivity index (χ3n) is 4.46. The zero-order valence-corrected chi connectivity index (χ0v) is 15.0. The van der Waals surface area contributed by atoms with Gasteiger partial charge in [0, 0.05) is 19.7 Å². The molecule has 1 aromatic rings. The lowest BCUT2D eigenvalue weighted by molar-refractivity contribution is -0.124. The van der Waals surface area contributed by atoms with Crippen LogP contribution in [0.3, 0.4) is 0 Å². The summed E-state index contributed by atoms with van der Waals surface area (Å²) in [5.41, 5.74) is 0. The van der Waals surface area contributed by atoms with E-state index >= 15 is 0 Å². The van der Waals surface area contributed by atoms with E-state index < -0.39 is 32.9 Å². The molecule has 144 valence electrons. The molecule has 9 nitrogen and oxygen atoms in total. The van der Waals surface area contributed by atoms with E-state index in [9.17, 15) is 18.0 Å². The molecular weight excluding hydrogens is 364 g/mol. The minimum atomic E-state index is -4.07. The van der Waals surface area contributed by atoms with Crippen LogP contribution in [0, 0.1) is 5.92 Å². The summed E-state index contributed by atoms with van der Waals surface area (Å²) in [7, 11) is -4.07. The van der Waals surface area contributed by atoms with Crippen LogP contribution < -0.4 is 5.32 Å². The lowest BCUT2D eigenvalue weighted by atomic mass is 10.2. The summed E-state index contributed by atoms with van der Waals surface area (Å²) >= 11 is 0. The highest BCUT2D eigenvalue weighted by Crippen LogP contribution is 2.29. The van der Waals surface area contributed by atoms with E-state index in [0.29, 0.717) is 38.5 Å². The predicted octanol–water partition coefficient (Wildman–Crippen LogP) is 0.674. The van der Waals surface area contributed by atoms with Gasteiger partial charge in [0.15, 0.2) is 0 Å². The zero-order chi connectivity index (χ0) is 18.7. The van der Waals surface area contributed by atoms with Crippen LogP contribution in [-0.2, 0) is 19.6 Å². The fraction of sp³-hybridized carbons (Fsp3) is 0.625. The quantitative estimate of drug-likeness (QED) is 0.597. The van der Waals surface area contributed by atoms with Gasteiger partial charge in [-0.15, -0.1) is 0 Å². The first kappa shape index (κ1) is 18.9. The molecule has 2 fully saturated rings. The Kier molecular flexibility index (Phi) is 5.64. The van der Waals surface area contributed by atoms with Crippen molar-refractivity contribution >= 4 is 21.9 Å². The number of amides is 1. The number of hydrogen-bond acceptors (Lipinski definition) is 6. The summed E-state index contributed by atoms with van der Waals surface area (Å²) in [4.78, 5) is 23.2. The third-order valence-corrected chi connectivity index (χ3v) is 6.24. The first-order chi connectivity index (χ1) is 12.4. The monoisotopic (exact) mass is 386 g/mol. The van der Waals surface area contributed by atoms with Crippen molar-refractivity contribution in [2.45, 2.75) is 36.8 Å². The number of rotatable bonds is 9. The minimum absolute atomic E-state index is 0.182. The molecule has 1 atom stereocenters. The highest BCUT2D eigenvalue weighted by Gasteiger charge is 2.41. The van der Waals surface area contributed by atoms with Gasteiger partial charge in [-0.05, 0) is 43.7 Å². The topological polar surface area (TPSA) is 126 Å². The van der Waals surface area contributed by atoms with Gasteiger partial charge in [-0.3, -0.25) is 4.79 Å². The van der Waals surface area contributed by atoms with Crippen LogP contribution in [0.25, 0.3) is 0 Å². The molecule has 10 heteroatoms. The molecule has 0 spiro atoms. The maximum absolute atomic E-state index is 12.7. The van der Waals surface area contributed by atoms with Crippen LogP contribution in [0.5, 0.6) is 0 Å². The van der Waals surface area contributed by atoms with Crippen molar-refractivity contribution in [3.05, 3.63) is 17.9 Å². The van der Waals surface area contributed by atoms with Crippen molar-refractivity contribution < 1.29 is 32.3 Å². The van der Waals surface area contributed by atoms with Gasteiger partial charge in [0.2, 0.25) is 16.8 Å². The van der Waals surface area contributed by atoms with E-state index in [1.807, 2.05) is 0 Å². The molecule has 1 saturated carbocycles. The highest BCUT2D eigenvalue weighted by molar-refractivity contribution is 7.89. The summed E-state index contributed by atoms with van der Waals surface area (Å²) in [6, 6.07) is 1.34. The van der Waals surface area contributed by atoms with E-state index in [0.717, 1.165) is 16.4 Å². The standard InChI is InChI=1S/C16H22N2O7S/c19-15(17-7-9-24-10-11-3-4-11)12-2-1-8-18(12)26(22,23)14-6-5-13(25-14)16(20)21/h5-6,11-12H,1-4,7-10H2,(H,17,19)(H,20,21). The number of aromatic carboxylic acids is 1. The van der Waals surface area contributed by atoms with Crippen molar-refractivity contribution in [3.8, 4) is 0 Å². The fourth-order valence-corrected chi connectivity index (χ4v) is 4.45. The average molecular weight is 386 g/mol. The molecule has 1 aliphatic heterocycles. The maximum Gasteiger partial charge on any atom is 0.371 e. The SMILES string of the molecule is O=C(O)c1ccc(S(=O)(=O)N2CCCC2C(=O)NCCOCC2CC2)o1. The lowest BCUT2D eigenvalue weighted by Crippen LogP contribution is -2.46. The number of carboxylic acid groups (broad SMARTS) is 1. The Morgan fingerprint density at radius 1 is 1.31 bits per heavy atom. The maximum atomic E-state index is 12.7. The van der Waals surface area contributed by atoms with Crippen molar-refractivity contribution in [1.82, 2.24) is 9.62 Å². The van der Waals surface area contributed by atoms with Crippen LogP contribution >= 0.6 is 0 Å². The summed E-state index contributed by atoms with van der Waals surface area (Å²) in [6.45, 7) is 1.59. The van der Waals surface area contributed by atoms with Gasteiger partial charge in [-0.2, -0.15) is 4.31 Å². The van der Waals surface area contributed by atoms with Crippen LogP contribution in [0.1, 0.15) is 36.2 Å². The van der Waals surface area contributed by atoms with E-state index in [2.05, 4.69) is 5.32 Å². The number of carbonyl (C=O) groups excluding carboxylic acids is 1. The number of ether oxygens (including phenoxy) is 1. The number of carbonyl (C=O) groups is 2. The van der Waals surface area contributed by atoms with Gasteiger partial charge in [0.25, 0.3) is 10.0 Å². The normalized spacial score (nSPS) is 21.0. The summed E-state index contributed by atoms with van der Waals surface area (Å²) < 4.78 is 36.8. The number of furan rings is 1. The van der Waals surface area contributed by atoms with E-state index in [-0.39, 0.29) is 12.5 Å². The highest BCUT2D eigenvalue weighted by atomic mass is 32.2. The molecule has 1 saturated heterocycles. The Morgan fingerprint density at radius 3 is 2.73 bits per heavy atom. The molecule has 2 aliphatic rings. The second-order valence-electron chi connectivity index (χ2n) is 6.51. The molecule has 0 radical (unpaired) electrons. The number of carboxylic acids is 1. The van der Waals surface area contributed by atoms with Crippen molar-refractivity contribution in [2.75, 3.05) is 26.3 Å². The van der Waals surface area contributed by atoms with E-state index in [1.54, 1.807) is 0 Å². The number of sulfonamides is 1. The molecule has 0 bridgehead atoms. The van der Waals surface area contributed by atoms with Gasteiger partial charge in [0.1, 0.15) is 6.04 Å². The van der Waals surface area contributed by atoms with Gasteiger partial charge in [-0.25, -0.2) is 13.2 Å². The third kappa shape index (κ3) is 4.25. The number of hydrogen-bond donors (Lipinski definition) is 2. The first-order valence-corrected chi connectivity index (χ1v) is 10.0. The smallest absolute Gasteiger partial charge is 0.371 e. The van der Waals surface area contributed by atoms with Crippen molar-refractivity contribution in [3.63, 3.8) is 0 Å². The van der Waals surface area contributed by atoms with Crippen LogP contribution in [0.2, 0.25) is 0 Å². The second-order valence-corrected chi connectivity index (χ2v) is 8.33. The molecule has 1 aromatic heterocycles. The van der Waals surface area contributed by atoms with E-state index in [4.69, 9.17) is 14.3 Å². The molecule has 26 heavy (non-hydrogen) atoms. The van der Waals surface area contributed by atoms with Gasteiger partial charge < -0.3 is 19.6 Å². The first-order valence-electron chi connectivity index (χ1n) is 8.60. The second kappa shape index (κ2) is 7.77. The molecule has 1 unspecified atom stereocenters. The van der Waals surface area contributed by atoms with Crippen molar-refractivity contribution in [2.24, 2.45) is 5.92 Å². The van der Waals surface area contributed by atoms with Crippen LogP contribution in [0.4, 0.5) is 0 Å². The van der Waals surface area contributed by atoms with Gasteiger partial charge in [0.05, 0.1) is 6.61 Å². The van der Waals surface area contributed by atoms with E-state index in [1.165, 1.54) is 12.8 Å². The molecular formula is C16H22N2O7S. The van der Waals surface area contributed by atoms with Crippen LogP contribution in [-0.4, -0.2) is 62.1 Å². The van der Waals surface area contributed by atoms with Crippen molar-refractivity contribution in [1.29, 1.82) is 0 Å². The molecule has 0 aromatic carbocycles. The van der Waals surface area contributed by atoms with Gasteiger partial charge in [-0.1, -0.05) is 0 Å². The Labute approximate surface area is 151 Å². The largest absolute Gasteiger partial charge is 0.475 e. The lowest BCUT2D eigenvalue weighted by Gasteiger charge is -2.22.